The highest BCUT2D eigenvalue weighted by Gasteiger charge is 2.55. The minimum atomic E-state index is -1.44. The number of esters is 4. The van der Waals surface area contributed by atoms with E-state index in [2.05, 4.69) is 50.2 Å². The Morgan fingerprint density at radius 1 is 0.511 bits per heavy atom. The lowest BCUT2D eigenvalue weighted by Crippen LogP contribution is -2.36. The zero-order valence-electron chi connectivity index (χ0n) is 51.5. The van der Waals surface area contributed by atoms with Crippen molar-refractivity contribution in [1.82, 2.24) is 4.90 Å². The van der Waals surface area contributed by atoms with E-state index in [9.17, 15) is 43.8 Å². The highest BCUT2D eigenvalue weighted by molar-refractivity contribution is 6.64. The fraction of sp³-hybridized carbons (Fsp3) is 0.358. The molecule has 6 aromatic rings. The van der Waals surface area contributed by atoms with Gasteiger partial charge in [0.25, 0.3) is 0 Å². The van der Waals surface area contributed by atoms with E-state index in [0.29, 0.717) is 68.3 Å². The molecule has 88 heavy (non-hydrogen) atoms. The van der Waals surface area contributed by atoms with Crippen LogP contribution in [-0.4, -0.2) is 86.4 Å². The number of hydrogen-bond acceptors (Lipinski definition) is 16. The third-order valence-corrected chi connectivity index (χ3v) is 15.3. The summed E-state index contributed by atoms with van der Waals surface area (Å²) in [6, 6.07) is 29.9. The Kier molecular flexibility index (Phi) is 20.1. The fourth-order valence-electron chi connectivity index (χ4n) is 9.91. The molecule has 4 N–H and O–H groups in total. The molecule has 6 aromatic carbocycles. The van der Waals surface area contributed by atoms with Crippen molar-refractivity contribution in [2.24, 2.45) is 16.2 Å². The number of aromatic hydroxyl groups is 2. The van der Waals surface area contributed by atoms with Crippen molar-refractivity contribution in [3.8, 4) is 46.0 Å². The summed E-state index contributed by atoms with van der Waals surface area (Å²) in [6.45, 7) is 28.1. The van der Waals surface area contributed by atoms with Gasteiger partial charge in [-0.1, -0.05) is 39.8 Å². The number of nitrogens with one attached hydrogen (secondary N) is 2. The number of amides is 2. The van der Waals surface area contributed by atoms with Gasteiger partial charge in [0.1, 0.15) is 57.8 Å². The minimum absolute atomic E-state index is 0.0174. The molecule has 4 heterocycles. The Balaban J connectivity index is 0.000000207. The number of halogens is 3. The third-order valence-electron chi connectivity index (χ3n) is 14.3. The number of nitrogens with zero attached hydrogens (tertiary/aromatic N) is 1. The summed E-state index contributed by atoms with van der Waals surface area (Å²) in [4.78, 5) is 87.7. The van der Waals surface area contributed by atoms with Crippen LogP contribution in [0, 0.1) is 16.2 Å². The molecule has 2 spiro atoms. The molecule has 4 aliphatic rings. The average Bonchev–Trinajstić information content (AvgIpc) is 1.46. The minimum Gasteiger partial charge on any atom is -0.508 e. The van der Waals surface area contributed by atoms with Crippen LogP contribution in [0.15, 0.2) is 109 Å². The van der Waals surface area contributed by atoms with Gasteiger partial charge in [-0.3, -0.25) is 28.9 Å². The number of carbonyl (C=O) groups excluding carboxylic acids is 7. The van der Waals surface area contributed by atoms with Crippen LogP contribution >= 0.6 is 34.8 Å². The van der Waals surface area contributed by atoms with Crippen molar-refractivity contribution in [2.45, 2.75) is 120 Å². The summed E-state index contributed by atoms with van der Waals surface area (Å²) in [5.74, 6) is -1.73. The van der Waals surface area contributed by atoms with Crippen LogP contribution in [-0.2, 0) is 44.6 Å². The smallest absolute Gasteiger partial charge is 0.340 e. The topological polar surface area (TPSA) is 243 Å². The fourth-order valence-corrected chi connectivity index (χ4v) is 10.0. The molecule has 2 amide bonds. The van der Waals surface area contributed by atoms with E-state index < -0.39 is 57.7 Å². The van der Waals surface area contributed by atoms with Gasteiger partial charge in [0.15, 0.2) is 11.2 Å². The lowest BCUT2D eigenvalue weighted by Gasteiger charge is -2.36. The van der Waals surface area contributed by atoms with Crippen molar-refractivity contribution in [3.63, 3.8) is 0 Å². The molecule has 0 bridgehead atoms. The summed E-state index contributed by atoms with van der Waals surface area (Å²) in [7, 11) is 0. The summed E-state index contributed by atoms with van der Waals surface area (Å²) in [5, 5.41) is 24.8. The molecule has 0 saturated carbocycles. The largest absolute Gasteiger partial charge is 0.508 e. The molecule has 10 rings (SSSR count). The zero-order valence-corrected chi connectivity index (χ0v) is 53.7. The molecule has 4 aliphatic heterocycles. The Bertz CT molecular complexity index is 3590. The van der Waals surface area contributed by atoms with E-state index >= 15 is 0 Å². The highest BCUT2D eigenvalue weighted by atomic mass is 35.5. The maximum Gasteiger partial charge on any atom is 0.340 e. The number of anilines is 2. The second-order valence-electron chi connectivity index (χ2n) is 24.7. The monoisotopic (exact) mass is 1260 g/mol. The number of benzene rings is 6. The molecule has 0 fully saturated rings. The second-order valence-corrected chi connectivity index (χ2v) is 25.6. The molecule has 466 valence electrons. The third kappa shape index (κ3) is 14.2. The quantitative estimate of drug-likeness (QED) is 0.0455. The first-order valence-corrected chi connectivity index (χ1v) is 29.7. The molecule has 0 aromatic heterocycles. The Morgan fingerprint density at radius 2 is 0.830 bits per heavy atom. The number of rotatable bonds is 9. The van der Waals surface area contributed by atoms with Crippen molar-refractivity contribution in [1.29, 1.82) is 0 Å². The van der Waals surface area contributed by atoms with Gasteiger partial charge in [0.05, 0.1) is 22.0 Å². The first-order chi connectivity index (χ1) is 41.1. The predicted molar refractivity (Wildman–Crippen MR) is 335 cm³/mol. The van der Waals surface area contributed by atoms with Gasteiger partial charge in [0.2, 0.25) is 17.1 Å². The second kappa shape index (κ2) is 26.3. The normalized spacial score (nSPS) is 14.2. The SMILES string of the molecule is CC(C)(C)C(=O)Cl.CC(C)(C)C(=O)Oc1ccc2c(c1)Oc1cc(OC(=O)C(C)(C)C)ccc1C21OC(=O)c2cc(NC(=O)CCl)ccc21.CCN(C(C)C)C(C)C.O=C(CCl)Nc1ccc2c(c1)C(=O)OC21c2ccc(O)cc2Oc2cc(O)ccc21. The predicted octanol–water partition coefficient (Wildman–Crippen LogP) is 14.1. The van der Waals surface area contributed by atoms with Crippen molar-refractivity contribution < 1.29 is 72.2 Å². The molecular formula is C67H72Cl3N3O15. The number of alkyl halides is 2. The highest BCUT2D eigenvalue weighted by Crippen LogP contribution is 2.59. The number of hydrogen-bond donors (Lipinski definition) is 4. The van der Waals surface area contributed by atoms with Crippen molar-refractivity contribution in [3.05, 3.63) is 154 Å². The van der Waals surface area contributed by atoms with Crippen LogP contribution in [0.1, 0.15) is 151 Å². The van der Waals surface area contributed by atoms with Crippen LogP contribution in [0.4, 0.5) is 11.4 Å². The van der Waals surface area contributed by atoms with E-state index in [4.69, 9.17) is 63.2 Å². The molecule has 0 unspecified atom stereocenters. The molecule has 0 atom stereocenters. The zero-order chi connectivity index (χ0) is 65.2. The maximum atomic E-state index is 13.4. The van der Waals surface area contributed by atoms with E-state index in [-0.39, 0.29) is 68.0 Å². The first-order valence-electron chi connectivity index (χ1n) is 28.3. The summed E-state index contributed by atoms with van der Waals surface area (Å²) >= 11 is 16.3. The number of carbonyl (C=O) groups is 7. The summed E-state index contributed by atoms with van der Waals surface area (Å²) in [5.41, 5.74) is -0.186. The van der Waals surface area contributed by atoms with E-state index in [1.54, 1.807) is 135 Å². The number of phenols is 2. The number of fused-ring (bicyclic) bond motifs is 12. The van der Waals surface area contributed by atoms with E-state index in [0.717, 1.165) is 6.54 Å². The van der Waals surface area contributed by atoms with Crippen LogP contribution < -0.4 is 29.6 Å². The summed E-state index contributed by atoms with van der Waals surface area (Å²) in [6.07, 6.45) is 0. The maximum absolute atomic E-state index is 13.4. The van der Waals surface area contributed by atoms with Gasteiger partial charge in [-0.05, 0) is 160 Å². The molecule has 18 nitrogen and oxygen atoms in total. The lowest BCUT2D eigenvalue weighted by molar-refractivity contribution is -0.143. The molecular weight excluding hydrogens is 1190 g/mol. The van der Waals surface area contributed by atoms with Crippen molar-refractivity contribution in [2.75, 3.05) is 28.9 Å². The van der Waals surface area contributed by atoms with Crippen LogP contribution in [0.5, 0.6) is 46.0 Å². The first kappa shape index (κ1) is 67.3. The Hall–Kier alpha value is -8.16. The Labute approximate surface area is 526 Å². The lowest BCUT2D eigenvalue weighted by atomic mass is 9.77. The molecule has 0 saturated heterocycles. The Morgan fingerprint density at radius 3 is 1.11 bits per heavy atom. The number of phenolic OH excluding ortho intramolecular Hbond substituents is 2. The van der Waals surface area contributed by atoms with Gasteiger partial charge in [-0.15, -0.1) is 23.2 Å². The average molecular weight is 1270 g/mol. The molecule has 0 radical (unpaired) electrons. The molecule has 0 aliphatic carbocycles. The van der Waals surface area contributed by atoms with Crippen LogP contribution in [0.25, 0.3) is 0 Å². The van der Waals surface area contributed by atoms with Gasteiger partial charge >= 0.3 is 23.9 Å². The van der Waals surface area contributed by atoms with Crippen molar-refractivity contribution >= 4 is 87.1 Å². The van der Waals surface area contributed by atoms with E-state index in [1.165, 1.54) is 36.4 Å². The van der Waals surface area contributed by atoms with Gasteiger partial charge in [-0.2, -0.15) is 0 Å². The standard InChI is InChI=1S/C32H30ClNO8.C22H14ClNO6.C8H19N.C5H9ClO/c1-30(2,3)28(37)39-18-8-11-22-24(14-18)41-25-15-19(40-29(38)31(4,5)6)9-12-23(25)32(22)21-10-7-17(34-26(35)16-33)13-20(21)27(36)42-32;23-10-20(27)24-11-1-4-15-14(7-11)21(28)30-22(15)16-5-2-12(25)8-18(16)29-19-9-13(26)3-6-17(19)22;1-6-9(7(2)3)8(4)5;1-5(2,3)4(6)7/h7-15H,16H2,1-6H3,(H,34,35);1-9,25-26H,10H2,(H,24,27);7-8H,6H2,1-5H3;1-3H3. The van der Waals surface area contributed by atoms with E-state index in [1.807, 2.05) is 0 Å². The molecule has 21 heteroatoms. The van der Waals surface area contributed by atoms with Crippen LogP contribution in [0.2, 0.25) is 0 Å². The summed E-state index contributed by atoms with van der Waals surface area (Å²) < 4.78 is 35.5. The van der Waals surface area contributed by atoms with Gasteiger partial charge in [-0.25, -0.2) is 9.59 Å². The number of ether oxygens (including phenoxy) is 6. The van der Waals surface area contributed by atoms with Gasteiger partial charge in [0, 0.05) is 86.5 Å². The van der Waals surface area contributed by atoms with Gasteiger partial charge < -0.3 is 49.3 Å². The van der Waals surface area contributed by atoms with Crippen LogP contribution in [0.3, 0.4) is 0 Å².